The number of carbonyl (C=O) groups excluding carboxylic acids is 1. The van der Waals surface area contributed by atoms with Crippen LogP contribution in [0.2, 0.25) is 0 Å². The molecule has 0 saturated heterocycles. The van der Waals surface area contributed by atoms with E-state index in [1.165, 1.54) is 32.1 Å². The van der Waals surface area contributed by atoms with Crippen molar-refractivity contribution in [2.24, 2.45) is 11.8 Å². The summed E-state index contributed by atoms with van der Waals surface area (Å²) in [5.41, 5.74) is -0.821. The molecular weight excluding hydrogens is 238 g/mol. The van der Waals surface area contributed by atoms with Crippen LogP contribution in [0.3, 0.4) is 0 Å². The van der Waals surface area contributed by atoms with Crippen LogP contribution in [0.5, 0.6) is 0 Å². The lowest BCUT2D eigenvalue weighted by Gasteiger charge is -2.39. The van der Waals surface area contributed by atoms with Crippen LogP contribution < -0.4 is 0 Å². The zero-order valence-corrected chi connectivity index (χ0v) is 12.0. The Bertz CT molecular complexity index is 344. The Balaban J connectivity index is 1.89. The monoisotopic (exact) mass is 263 g/mol. The zero-order chi connectivity index (χ0) is 13.7. The van der Waals surface area contributed by atoms with Crippen LogP contribution >= 0.6 is 0 Å². The van der Waals surface area contributed by atoms with E-state index in [2.05, 4.69) is 6.07 Å². The molecule has 0 heterocycles. The van der Waals surface area contributed by atoms with E-state index in [9.17, 15) is 10.1 Å². The highest BCUT2D eigenvalue weighted by Crippen LogP contribution is 2.42. The number of hydrogen-bond acceptors (Lipinski definition) is 3. The molecule has 0 aromatic heterocycles. The molecule has 3 heteroatoms. The minimum Gasteiger partial charge on any atom is -0.444 e. The van der Waals surface area contributed by atoms with Crippen LogP contribution in [-0.4, -0.2) is 11.6 Å². The third kappa shape index (κ3) is 3.49. The molecule has 2 aliphatic rings. The molecule has 0 N–H and O–H groups in total. The van der Waals surface area contributed by atoms with Crippen molar-refractivity contribution in [3.8, 4) is 6.07 Å². The predicted molar refractivity (Wildman–Crippen MR) is 73.3 cm³/mol. The van der Waals surface area contributed by atoms with Crippen LogP contribution in [0.4, 0.5) is 0 Å². The number of rotatable bonds is 3. The average Bonchev–Trinajstić information content (AvgIpc) is 2.48. The zero-order valence-electron chi connectivity index (χ0n) is 12.0. The van der Waals surface area contributed by atoms with Crippen molar-refractivity contribution in [3.63, 3.8) is 0 Å². The fraction of sp³-hybridized carbons (Fsp3) is 0.875. The van der Waals surface area contributed by atoms with Crippen LogP contribution in [0.15, 0.2) is 0 Å². The van der Waals surface area contributed by atoms with Crippen molar-refractivity contribution in [3.05, 3.63) is 0 Å². The van der Waals surface area contributed by atoms with E-state index in [1.807, 2.05) is 0 Å². The molecule has 0 radical (unpaired) electrons. The molecule has 0 atom stereocenters. The van der Waals surface area contributed by atoms with Crippen molar-refractivity contribution >= 4 is 5.97 Å². The van der Waals surface area contributed by atoms with Crippen molar-refractivity contribution in [2.75, 3.05) is 0 Å². The lowest BCUT2D eigenvalue weighted by atomic mass is 9.70. The van der Waals surface area contributed by atoms with Gasteiger partial charge in [-0.15, -0.1) is 0 Å². The normalized spacial score (nSPS) is 32.5. The highest BCUT2D eigenvalue weighted by atomic mass is 16.6. The number of hydrogen-bond donors (Lipinski definition) is 0. The fourth-order valence-electron chi connectivity index (χ4n) is 3.71. The molecule has 0 aromatic rings. The molecule has 2 aliphatic carbocycles. The van der Waals surface area contributed by atoms with Gasteiger partial charge in [-0.3, -0.25) is 4.79 Å². The number of nitriles is 1. The summed E-state index contributed by atoms with van der Waals surface area (Å²) in [5.74, 6) is 1.37. The summed E-state index contributed by atoms with van der Waals surface area (Å²) in [5, 5.41) is 9.36. The Morgan fingerprint density at radius 1 is 1.16 bits per heavy atom. The van der Waals surface area contributed by atoms with E-state index in [0.29, 0.717) is 6.42 Å². The highest BCUT2D eigenvalue weighted by molar-refractivity contribution is 5.69. The van der Waals surface area contributed by atoms with Gasteiger partial charge in [0.25, 0.3) is 0 Å². The van der Waals surface area contributed by atoms with Gasteiger partial charge in [0.1, 0.15) is 6.07 Å². The third-order valence-corrected chi connectivity index (χ3v) is 4.96. The molecule has 0 spiro atoms. The van der Waals surface area contributed by atoms with Gasteiger partial charge in [0.15, 0.2) is 5.60 Å². The number of nitrogens with zero attached hydrogens (tertiary/aromatic N) is 1. The van der Waals surface area contributed by atoms with E-state index >= 15 is 0 Å². The third-order valence-electron chi connectivity index (χ3n) is 4.96. The van der Waals surface area contributed by atoms with Crippen molar-refractivity contribution in [2.45, 2.75) is 76.7 Å². The van der Waals surface area contributed by atoms with E-state index in [-0.39, 0.29) is 5.97 Å². The lowest BCUT2D eigenvalue weighted by Crippen LogP contribution is -2.39. The molecule has 2 fully saturated rings. The summed E-state index contributed by atoms with van der Waals surface area (Å²) in [4.78, 5) is 11.5. The second-order valence-electron chi connectivity index (χ2n) is 6.17. The van der Waals surface area contributed by atoms with Gasteiger partial charge in [0.2, 0.25) is 0 Å². The van der Waals surface area contributed by atoms with Crippen LogP contribution in [0, 0.1) is 23.2 Å². The van der Waals surface area contributed by atoms with Gasteiger partial charge < -0.3 is 4.74 Å². The lowest BCUT2D eigenvalue weighted by molar-refractivity contribution is -0.157. The highest BCUT2D eigenvalue weighted by Gasteiger charge is 2.40. The van der Waals surface area contributed by atoms with Crippen molar-refractivity contribution in [1.29, 1.82) is 5.26 Å². The average molecular weight is 263 g/mol. The van der Waals surface area contributed by atoms with E-state index in [0.717, 1.165) is 37.5 Å². The smallest absolute Gasteiger partial charge is 0.307 e. The maximum atomic E-state index is 11.5. The number of ether oxygens (including phenoxy) is 1. The van der Waals surface area contributed by atoms with Crippen molar-refractivity contribution in [1.82, 2.24) is 0 Å². The quantitative estimate of drug-likeness (QED) is 0.724. The molecule has 0 aliphatic heterocycles. The molecule has 0 amide bonds. The predicted octanol–water partition coefficient (Wildman–Crippen LogP) is 3.97. The second kappa shape index (κ2) is 6.41. The van der Waals surface area contributed by atoms with E-state index in [4.69, 9.17) is 4.74 Å². The Morgan fingerprint density at radius 2 is 1.74 bits per heavy atom. The Morgan fingerprint density at radius 3 is 2.26 bits per heavy atom. The summed E-state index contributed by atoms with van der Waals surface area (Å²) in [6.45, 7) is 1.78. The minimum atomic E-state index is -0.821. The Kier molecular flexibility index (Phi) is 4.85. The van der Waals surface area contributed by atoms with Gasteiger partial charge in [-0.25, -0.2) is 0 Å². The largest absolute Gasteiger partial charge is 0.444 e. The maximum Gasteiger partial charge on any atom is 0.307 e. The van der Waals surface area contributed by atoms with Gasteiger partial charge in [0, 0.05) is 19.3 Å². The first kappa shape index (κ1) is 14.4. The molecule has 3 nitrogen and oxygen atoms in total. The molecule has 0 aromatic carbocycles. The fourth-order valence-corrected chi connectivity index (χ4v) is 3.71. The van der Waals surface area contributed by atoms with E-state index < -0.39 is 5.60 Å². The van der Waals surface area contributed by atoms with Crippen molar-refractivity contribution < 1.29 is 9.53 Å². The van der Waals surface area contributed by atoms with Crippen LogP contribution in [-0.2, 0) is 9.53 Å². The van der Waals surface area contributed by atoms with Gasteiger partial charge in [0.05, 0.1) is 0 Å². The molecule has 0 unspecified atom stereocenters. The Labute approximate surface area is 116 Å². The summed E-state index contributed by atoms with van der Waals surface area (Å²) in [7, 11) is 0. The summed E-state index contributed by atoms with van der Waals surface area (Å²) in [6.07, 6.45) is 10.8. The molecule has 0 bridgehead atoms. The molecule has 19 heavy (non-hydrogen) atoms. The van der Waals surface area contributed by atoms with Gasteiger partial charge >= 0.3 is 5.97 Å². The van der Waals surface area contributed by atoms with Gasteiger partial charge in [-0.05, 0) is 24.7 Å². The van der Waals surface area contributed by atoms with Gasteiger partial charge in [-0.1, -0.05) is 39.0 Å². The standard InChI is InChI=1S/C16H25NO2/c1-2-15(18)19-16(12-17)10-8-14(9-11-16)13-6-4-3-5-7-13/h13-14H,2-11H2,1H3/t14-,16-. The SMILES string of the molecule is CCC(=O)O[C@]1(C#N)CC[C@@H](C2CCCCC2)CC1. The number of carbonyl (C=O) groups is 1. The minimum absolute atomic E-state index is 0.238. The second-order valence-corrected chi connectivity index (χ2v) is 6.17. The molecule has 2 saturated carbocycles. The topological polar surface area (TPSA) is 50.1 Å². The summed E-state index contributed by atoms with van der Waals surface area (Å²) < 4.78 is 5.41. The first-order valence-corrected chi connectivity index (χ1v) is 7.82. The first-order valence-electron chi connectivity index (χ1n) is 7.82. The van der Waals surface area contributed by atoms with Crippen LogP contribution in [0.1, 0.15) is 71.1 Å². The van der Waals surface area contributed by atoms with E-state index in [1.54, 1.807) is 6.92 Å². The van der Waals surface area contributed by atoms with Crippen LogP contribution in [0.25, 0.3) is 0 Å². The number of esters is 1. The summed E-state index contributed by atoms with van der Waals surface area (Å²) in [6, 6.07) is 2.26. The maximum absolute atomic E-state index is 11.5. The molecular formula is C16H25NO2. The first-order chi connectivity index (χ1) is 9.19. The van der Waals surface area contributed by atoms with Gasteiger partial charge in [-0.2, -0.15) is 5.26 Å². The Hall–Kier alpha value is -1.04. The molecule has 106 valence electrons. The summed E-state index contributed by atoms with van der Waals surface area (Å²) >= 11 is 0. The molecule has 2 rings (SSSR count).